The second kappa shape index (κ2) is 8.79. The first kappa shape index (κ1) is 16.8. The average molecular weight is 284 g/mol. The molecule has 1 N–H and O–H groups in total. The van der Waals surface area contributed by atoms with Crippen LogP contribution in [-0.4, -0.2) is 51.4 Å². The summed E-state index contributed by atoms with van der Waals surface area (Å²) in [7, 11) is -6.00. The van der Waals surface area contributed by atoms with Crippen LogP contribution in [0.5, 0.6) is 0 Å². The van der Waals surface area contributed by atoms with E-state index in [0.717, 1.165) is 0 Å². The van der Waals surface area contributed by atoms with Crippen LogP contribution in [0.4, 0.5) is 17.3 Å². The fraction of sp³-hybridized carbons (Fsp3) is 1.00. The van der Waals surface area contributed by atoms with E-state index >= 15 is 0 Å². The Bertz CT molecular complexity index is 186. The number of rotatable bonds is 0. The smallest absolute Gasteiger partial charge is 0.418 e. The van der Waals surface area contributed by atoms with Gasteiger partial charge < -0.3 is 27.1 Å². The van der Waals surface area contributed by atoms with Crippen LogP contribution in [-0.2, 0) is 0 Å². The summed E-state index contributed by atoms with van der Waals surface area (Å²) >= 11 is 0. The molecule has 3 saturated heterocycles. The molecule has 3 rings (SSSR count). The Morgan fingerprint density at radius 3 is 1.26 bits per heavy atom. The summed E-state index contributed by atoms with van der Waals surface area (Å²) in [6.07, 6.45) is 8.65. The molecule has 0 aromatic rings. The van der Waals surface area contributed by atoms with E-state index in [0.29, 0.717) is 0 Å². The number of halogens is 4. The van der Waals surface area contributed by atoms with Crippen LogP contribution >= 0.6 is 0 Å². The minimum atomic E-state index is -6.00. The third kappa shape index (κ3) is 10.2. The van der Waals surface area contributed by atoms with Crippen molar-refractivity contribution in [1.29, 1.82) is 0 Å². The average Bonchev–Trinajstić information content (AvgIpc) is 2.33. The van der Waals surface area contributed by atoms with E-state index in [-0.39, 0.29) is 0 Å². The molecule has 0 spiro atoms. The van der Waals surface area contributed by atoms with Crippen molar-refractivity contribution in [2.75, 3.05) is 39.3 Å². The van der Waals surface area contributed by atoms with Crippen molar-refractivity contribution in [3.05, 3.63) is 0 Å². The highest BCUT2D eigenvalue weighted by Gasteiger charge is 2.20. The van der Waals surface area contributed by atoms with Crippen LogP contribution in [0.2, 0.25) is 0 Å². The Kier molecular flexibility index (Phi) is 7.76. The van der Waals surface area contributed by atoms with Gasteiger partial charge in [-0.25, -0.2) is 0 Å². The Morgan fingerprint density at radius 1 is 0.632 bits per heavy atom. The van der Waals surface area contributed by atoms with Gasteiger partial charge in [-0.15, -0.1) is 0 Å². The molecule has 2 nitrogen and oxygen atoms in total. The summed E-state index contributed by atoms with van der Waals surface area (Å²) in [5.41, 5.74) is 0. The first-order valence-corrected chi connectivity index (χ1v) is 7.38. The molecule has 3 heterocycles. The molecule has 2 bridgehead atoms. The second-order valence-corrected chi connectivity index (χ2v) is 5.46. The van der Waals surface area contributed by atoms with Crippen LogP contribution < -0.4 is 4.90 Å². The van der Waals surface area contributed by atoms with Gasteiger partial charge in [0.15, 0.2) is 0 Å². The van der Waals surface area contributed by atoms with Gasteiger partial charge in [-0.2, -0.15) is 0 Å². The number of fused-ring (bicyclic) bond motifs is 9. The maximum Gasteiger partial charge on any atom is 0.673 e. The van der Waals surface area contributed by atoms with E-state index in [1.165, 1.54) is 77.8 Å². The predicted molar refractivity (Wildman–Crippen MR) is 69.9 cm³/mol. The van der Waals surface area contributed by atoms with Crippen molar-refractivity contribution in [3.8, 4) is 0 Å². The lowest BCUT2D eigenvalue weighted by Gasteiger charge is -2.28. The molecule has 0 atom stereocenters. The Balaban J connectivity index is 0.000000312. The Labute approximate surface area is 113 Å². The highest BCUT2D eigenvalue weighted by Crippen LogP contribution is 2.06. The molecule has 114 valence electrons. The highest BCUT2D eigenvalue weighted by atomic mass is 19.5. The first-order chi connectivity index (χ1) is 8.95. The largest absolute Gasteiger partial charge is 0.673 e. The van der Waals surface area contributed by atoms with Gasteiger partial charge >= 0.3 is 7.25 Å². The minimum Gasteiger partial charge on any atom is -0.418 e. The zero-order valence-electron chi connectivity index (χ0n) is 11.5. The number of hydrogen-bond donors (Lipinski definition) is 1. The number of hydrogen-bond acceptors (Lipinski definition) is 1. The molecule has 0 aromatic carbocycles. The van der Waals surface area contributed by atoms with Crippen LogP contribution in [0.15, 0.2) is 0 Å². The van der Waals surface area contributed by atoms with Crippen LogP contribution in [0.1, 0.15) is 38.5 Å². The van der Waals surface area contributed by atoms with Crippen LogP contribution in [0.25, 0.3) is 0 Å². The van der Waals surface area contributed by atoms with Gasteiger partial charge in [0.25, 0.3) is 0 Å². The first-order valence-electron chi connectivity index (χ1n) is 7.38. The summed E-state index contributed by atoms with van der Waals surface area (Å²) in [6, 6.07) is 0. The quantitative estimate of drug-likeness (QED) is 0.527. The van der Waals surface area contributed by atoms with Gasteiger partial charge in [-0.3, -0.25) is 0 Å². The molecule has 0 unspecified atom stereocenters. The van der Waals surface area contributed by atoms with Gasteiger partial charge in [0.05, 0.1) is 19.6 Å². The summed E-state index contributed by atoms with van der Waals surface area (Å²) in [4.78, 5) is 4.59. The van der Waals surface area contributed by atoms with Crippen LogP contribution in [0, 0.1) is 0 Å². The van der Waals surface area contributed by atoms with Crippen molar-refractivity contribution in [2.45, 2.75) is 38.5 Å². The summed E-state index contributed by atoms with van der Waals surface area (Å²) < 4.78 is 39.0. The van der Waals surface area contributed by atoms with E-state index in [4.69, 9.17) is 0 Å². The molecule has 19 heavy (non-hydrogen) atoms. The molecule has 3 aliphatic rings. The van der Waals surface area contributed by atoms with E-state index in [9.17, 15) is 17.3 Å². The third-order valence-electron chi connectivity index (χ3n) is 3.76. The van der Waals surface area contributed by atoms with Crippen molar-refractivity contribution in [2.24, 2.45) is 0 Å². The molecule has 3 aliphatic heterocycles. The van der Waals surface area contributed by atoms with Crippen LogP contribution in [0.3, 0.4) is 0 Å². The number of quaternary nitrogens is 1. The lowest BCUT2D eigenvalue weighted by Crippen LogP contribution is -3.12. The molecule has 7 heteroatoms. The summed E-state index contributed by atoms with van der Waals surface area (Å²) in [5, 5.41) is 0. The standard InChI is InChI=1S/C12H24N2.BF4/c1-2-8-14-11-5-3-9-13(7-1)10-4-6-12-14;2-1(3,4)5/h1-12H2;/q;-1/p+1. The minimum absolute atomic E-state index is 1.37. The zero-order valence-corrected chi connectivity index (χ0v) is 11.5. The van der Waals surface area contributed by atoms with Crippen molar-refractivity contribution >= 4 is 7.25 Å². The lowest BCUT2D eigenvalue weighted by molar-refractivity contribution is -0.901. The van der Waals surface area contributed by atoms with Gasteiger partial charge in [-0.1, -0.05) is 0 Å². The predicted octanol–water partition coefficient (Wildman–Crippen LogP) is 1.84. The molecule has 0 amide bonds. The maximum absolute atomic E-state index is 9.75. The molecule has 3 fully saturated rings. The topological polar surface area (TPSA) is 7.68 Å². The molecule has 0 saturated carbocycles. The molecular weight excluding hydrogens is 259 g/mol. The van der Waals surface area contributed by atoms with Gasteiger partial charge in [0.1, 0.15) is 0 Å². The third-order valence-corrected chi connectivity index (χ3v) is 3.76. The van der Waals surface area contributed by atoms with Gasteiger partial charge in [-0.05, 0) is 58.2 Å². The van der Waals surface area contributed by atoms with E-state index in [2.05, 4.69) is 4.90 Å². The molecule has 0 aromatic heterocycles. The monoisotopic (exact) mass is 284 g/mol. The Morgan fingerprint density at radius 2 is 0.947 bits per heavy atom. The Hall–Kier alpha value is -0.295. The van der Waals surface area contributed by atoms with Crippen molar-refractivity contribution in [1.82, 2.24) is 4.90 Å². The van der Waals surface area contributed by atoms with Gasteiger partial charge in [0.2, 0.25) is 0 Å². The number of nitrogens with zero attached hydrogens (tertiary/aromatic N) is 1. The van der Waals surface area contributed by atoms with Crippen molar-refractivity contribution < 1.29 is 22.2 Å². The molecule has 0 radical (unpaired) electrons. The SMILES string of the molecule is C1CC[NH+]2CCCCN(C1)CCCC2.F[B-](F)(F)F. The van der Waals surface area contributed by atoms with E-state index in [1.807, 2.05) is 4.90 Å². The highest BCUT2D eigenvalue weighted by molar-refractivity contribution is 6.50. The zero-order chi connectivity index (χ0) is 14.1. The second-order valence-electron chi connectivity index (χ2n) is 5.46. The number of nitrogens with one attached hydrogen (secondary N) is 1. The van der Waals surface area contributed by atoms with Gasteiger partial charge in [0, 0.05) is 0 Å². The molecular formula is C12H25BF4N2. The lowest BCUT2D eigenvalue weighted by atomic mass is 10.1. The normalized spacial score (nSPS) is 29.7. The van der Waals surface area contributed by atoms with Crippen molar-refractivity contribution in [3.63, 3.8) is 0 Å². The van der Waals surface area contributed by atoms with E-state index in [1.54, 1.807) is 0 Å². The molecule has 0 aliphatic carbocycles. The fourth-order valence-corrected chi connectivity index (χ4v) is 2.84. The summed E-state index contributed by atoms with van der Waals surface area (Å²) in [6.45, 7) is 8.42. The maximum atomic E-state index is 9.75. The summed E-state index contributed by atoms with van der Waals surface area (Å²) in [5.74, 6) is 0. The fourth-order valence-electron chi connectivity index (χ4n) is 2.84. The van der Waals surface area contributed by atoms with E-state index < -0.39 is 7.25 Å².